The number of aryl methyl sites for hydroxylation is 1. The summed E-state index contributed by atoms with van der Waals surface area (Å²) < 4.78 is 0. The molecule has 2 heterocycles. The average molecular weight is 241 g/mol. The maximum absolute atomic E-state index is 4.56. The van der Waals surface area contributed by atoms with Crippen LogP contribution in [0.15, 0.2) is 10.5 Å². The summed E-state index contributed by atoms with van der Waals surface area (Å²) in [6.07, 6.45) is 0. The van der Waals surface area contributed by atoms with E-state index in [-0.39, 0.29) is 5.54 Å². The number of hydrogen-bond acceptors (Lipinski definition) is 4. The summed E-state index contributed by atoms with van der Waals surface area (Å²) in [6, 6.07) is 0. The zero-order chi connectivity index (χ0) is 10.9. The van der Waals surface area contributed by atoms with Crippen molar-refractivity contribution in [3.05, 3.63) is 16.1 Å². The molecule has 0 aromatic carbocycles. The molecule has 0 saturated carbocycles. The van der Waals surface area contributed by atoms with E-state index < -0.39 is 0 Å². The predicted octanol–water partition coefficient (Wildman–Crippen LogP) is 2.42. The molecule has 0 bridgehead atoms. The van der Waals surface area contributed by atoms with Gasteiger partial charge in [-0.15, -0.1) is 11.3 Å². The molecule has 0 radical (unpaired) electrons. The molecule has 0 aliphatic carbocycles. The summed E-state index contributed by atoms with van der Waals surface area (Å²) in [6.45, 7) is 7.17. The molecule has 1 aromatic heterocycles. The van der Waals surface area contributed by atoms with Crippen LogP contribution in [0.2, 0.25) is 0 Å². The number of aromatic nitrogens is 1. The molecule has 2 rings (SSSR count). The minimum Gasteiger partial charge on any atom is -0.359 e. The van der Waals surface area contributed by atoms with Crippen molar-refractivity contribution in [3.8, 4) is 0 Å². The van der Waals surface area contributed by atoms with E-state index in [4.69, 9.17) is 0 Å². The Kier molecular flexibility index (Phi) is 3.02. The fourth-order valence-electron chi connectivity index (χ4n) is 1.32. The van der Waals surface area contributed by atoms with Crippen LogP contribution < -0.4 is 5.32 Å². The van der Waals surface area contributed by atoms with Crippen molar-refractivity contribution in [3.63, 3.8) is 0 Å². The lowest BCUT2D eigenvalue weighted by atomic mass is 10.1. The molecule has 0 unspecified atom stereocenters. The van der Waals surface area contributed by atoms with Crippen molar-refractivity contribution in [1.29, 1.82) is 0 Å². The molecule has 1 N–H and O–H groups in total. The Labute approximate surface area is 98.4 Å². The highest BCUT2D eigenvalue weighted by molar-refractivity contribution is 8.14. The van der Waals surface area contributed by atoms with Crippen molar-refractivity contribution < 1.29 is 0 Å². The minimum absolute atomic E-state index is 0.187. The van der Waals surface area contributed by atoms with Gasteiger partial charge in [-0.3, -0.25) is 4.99 Å². The number of thioether (sulfide) groups is 1. The second kappa shape index (κ2) is 4.14. The molecule has 3 nitrogen and oxygen atoms in total. The van der Waals surface area contributed by atoms with E-state index in [0.29, 0.717) is 0 Å². The van der Waals surface area contributed by atoms with E-state index in [1.165, 1.54) is 4.88 Å². The summed E-state index contributed by atoms with van der Waals surface area (Å²) in [7, 11) is 0. The topological polar surface area (TPSA) is 37.3 Å². The third-order valence-corrected chi connectivity index (χ3v) is 4.52. The van der Waals surface area contributed by atoms with E-state index in [1.54, 1.807) is 23.1 Å². The molecule has 1 aromatic rings. The molecule has 82 valence electrons. The molecule has 15 heavy (non-hydrogen) atoms. The molecule has 0 spiro atoms. The summed E-state index contributed by atoms with van der Waals surface area (Å²) in [4.78, 5) is 10.0. The van der Waals surface area contributed by atoms with Gasteiger partial charge in [0, 0.05) is 16.2 Å². The molecule has 5 heteroatoms. The minimum atomic E-state index is 0.187. The lowest BCUT2D eigenvalue weighted by Gasteiger charge is -2.15. The first kappa shape index (κ1) is 11.0. The van der Waals surface area contributed by atoms with Crippen molar-refractivity contribution in [2.45, 2.75) is 32.9 Å². The Bertz CT molecular complexity index is 382. The fraction of sp³-hybridized carbons (Fsp3) is 0.600. The van der Waals surface area contributed by atoms with Gasteiger partial charge in [0.1, 0.15) is 0 Å². The van der Waals surface area contributed by atoms with Gasteiger partial charge in [-0.05, 0) is 20.8 Å². The maximum atomic E-state index is 4.56. The van der Waals surface area contributed by atoms with E-state index in [1.807, 2.05) is 12.4 Å². The van der Waals surface area contributed by atoms with Crippen molar-refractivity contribution in [2.24, 2.45) is 4.99 Å². The first-order valence-corrected chi connectivity index (χ1v) is 6.78. The first-order chi connectivity index (χ1) is 7.07. The van der Waals surface area contributed by atoms with Crippen LogP contribution >= 0.6 is 23.1 Å². The zero-order valence-corrected chi connectivity index (χ0v) is 10.8. The van der Waals surface area contributed by atoms with Gasteiger partial charge in [0.25, 0.3) is 0 Å². The lowest BCUT2D eigenvalue weighted by Crippen LogP contribution is -2.36. The highest BCUT2D eigenvalue weighted by Gasteiger charge is 2.27. The molecule has 1 fully saturated rings. The van der Waals surface area contributed by atoms with Crippen LogP contribution in [0, 0.1) is 6.92 Å². The van der Waals surface area contributed by atoms with Gasteiger partial charge in [-0.2, -0.15) is 0 Å². The maximum Gasteiger partial charge on any atom is 0.157 e. The molecule has 1 saturated heterocycles. The Morgan fingerprint density at radius 2 is 2.40 bits per heavy atom. The normalized spacial score (nSPS) is 21.9. The number of amidine groups is 1. The van der Waals surface area contributed by atoms with Crippen LogP contribution in [0.4, 0.5) is 0 Å². The van der Waals surface area contributed by atoms with Crippen LogP contribution in [-0.4, -0.2) is 21.4 Å². The van der Waals surface area contributed by atoms with E-state index in [9.17, 15) is 0 Å². The Hall–Kier alpha value is -0.550. The molecule has 0 amide bonds. The van der Waals surface area contributed by atoms with Crippen LogP contribution in [0.3, 0.4) is 0 Å². The molecular formula is C10H15N3S2. The average Bonchev–Trinajstić information content (AvgIpc) is 2.69. The monoisotopic (exact) mass is 241 g/mol. The number of aliphatic imine (C=N–C) groups is 1. The van der Waals surface area contributed by atoms with Crippen LogP contribution in [0.5, 0.6) is 0 Å². The second-order valence-electron chi connectivity index (χ2n) is 4.28. The van der Waals surface area contributed by atoms with Crippen molar-refractivity contribution in [2.75, 3.05) is 5.75 Å². The summed E-state index contributed by atoms with van der Waals surface area (Å²) in [5, 5.41) is 4.47. The van der Waals surface area contributed by atoms with Gasteiger partial charge in [-0.1, -0.05) is 11.8 Å². The van der Waals surface area contributed by atoms with Gasteiger partial charge in [-0.25, -0.2) is 4.98 Å². The lowest BCUT2D eigenvalue weighted by molar-refractivity contribution is 0.536. The quantitative estimate of drug-likeness (QED) is 0.864. The van der Waals surface area contributed by atoms with Crippen LogP contribution in [0.25, 0.3) is 0 Å². The SMILES string of the molecule is Cc1ncsc1CN=C1NC(C)(C)CS1. The predicted molar refractivity (Wildman–Crippen MR) is 67.7 cm³/mol. The Morgan fingerprint density at radius 3 is 2.93 bits per heavy atom. The molecule has 0 atom stereocenters. The van der Waals surface area contributed by atoms with Gasteiger partial charge >= 0.3 is 0 Å². The van der Waals surface area contributed by atoms with Crippen LogP contribution in [-0.2, 0) is 6.54 Å². The highest BCUT2D eigenvalue weighted by atomic mass is 32.2. The zero-order valence-electron chi connectivity index (χ0n) is 9.20. The van der Waals surface area contributed by atoms with Gasteiger partial charge < -0.3 is 5.32 Å². The van der Waals surface area contributed by atoms with Crippen molar-refractivity contribution >= 4 is 28.3 Å². The van der Waals surface area contributed by atoms with E-state index in [2.05, 4.69) is 29.1 Å². The number of rotatable bonds is 2. The Balaban J connectivity index is 1.99. The largest absolute Gasteiger partial charge is 0.359 e. The Morgan fingerprint density at radius 1 is 1.60 bits per heavy atom. The van der Waals surface area contributed by atoms with Gasteiger partial charge in [0.15, 0.2) is 5.17 Å². The number of nitrogens with zero attached hydrogens (tertiary/aromatic N) is 2. The van der Waals surface area contributed by atoms with Gasteiger partial charge in [0.05, 0.1) is 17.7 Å². The van der Waals surface area contributed by atoms with Crippen molar-refractivity contribution in [1.82, 2.24) is 10.3 Å². The van der Waals surface area contributed by atoms with Gasteiger partial charge in [0.2, 0.25) is 0 Å². The molecule has 1 aliphatic rings. The fourth-order valence-corrected chi connectivity index (χ4v) is 3.09. The van der Waals surface area contributed by atoms with E-state index in [0.717, 1.165) is 23.2 Å². The van der Waals surface area contributed by atoms with Crippen LogP contribution in [0.1, 0.15) is 24.4 Å². The third kappa shape index (κ3) is 2.72. The number of nitrogens with one attached hydrogen (secondary N) is 1. The van der Waals surface area contributed by atoms with E-state index >= 15 is 0 Å². The number of hydrogen-bond donors (Lipinski definition) is 1. The number of thiazole rings is 1. The molecular weight excluding hydrogens is 226 g/mol. The summed E-state index contributed by atoms with van der Waals surface area (Å²) in [5.41, 5.74) is 3.17. The second-order valence-corrected chi connectivity index (χ2v) is 6.18. The summed E-state index contributed by atoms with van der Waals surface area (Å²) in [5.74, 6) is 1.09. The first-order valence-electron chi connectivity index (χ1n) is 4.91. The third-order valence-electron chi connectivity index (χ3n) is 2.23. The molecule has 1 aliphatic heterocycles. The summed E-state index contributed by atoms with van der Waals surface area (Å²) >= 11 is 3.48. The smallest absolute Gasteiger partial charge is 0.157 e. The standard InChI is InChI=1S/C10H15N3S2/c1-7-8(15-6-12-7)4-11-9-13-10(2,3)5-14-9/h6H,4-5H2,1-3H3,(H,11,13). The highest BCUT2D eigenvalue weighted by Crippen LogP contribution is 2.23.